The zero-order valence-electron chi connectivity index (χ0n) is 17.7. The molecule has 4 aromatic rings. The van der Waals surface area contributed by atoms with Gasteiger partial charge in [-0.15, -0.1) is 0 Å². The van der Waals surface area contributed by atoms with Crippen LogP contribution < -0.4 is 20.1 Å². The quantitative estimate of drug-likeness (QED) is 0.287. The molecule has 4 N–H and O–H groups in total. The lowest BCUT2D eigenvalue weighted by Crippen LogP contribution is -2.29. The molecule has 0 aliphatic heterocycles. The molecule has 0 unspecified atom stereocenters. The highest BCUT2D eigenvalue weighted by molar-refractivity contribution is 5.85. The van der Waals surface area contributed by atoms with Crippen molar-refractivity contribution in [3.63, 3.8) is 0 Å². The smallest absolute Gasteiger partial charge is 0.119 e. The zero-order chi connectivity index (χ0) is 20.8. The molecule has 0 aliphatic rings. The van der Waals surface area contributed by atoms with Gasteiger partial charge in [-0.05, 0) is 73.5 Å². The number of H-pyrrole nitrogens is 2. The molecule has 0 saturated heterocycles. The van der Waals surface area contributed by atoms with Crippen molar-refractivity contribution in [2.75, 3.05) is 40.4 Å². The highest BCUT2D eigenvalue weighted by Crippen LogP contribution is 2.24. The van der Waals surface area contributed by atoms with Crippen molar-refractivity contribution in [2.45, 2.75) is 12.8 Å². The van der Waals surface area contributed by atoms with Crippen molar-refractivity contribution in [1.82, 2.24) is 20.6 Å². The van der Waals surface area contributed by atoms with E-state index in [1.165, 1.54) is 21.9 Å². The minimum absolute atomic E-state index is 0.897. The van der Waals surface area contributed by atoms with Gasteiger partial charge in [0.25, 0.3) is 0 Å². The fraction of sp³-hybridized carbons (Fsp3) is 0.333. The lowest BCUT2D eigenvalue weighted by molar-refractivity contribution is 0.415. The molecule has 6 heteroatoms. The molecule has 0 radical (unpaired) electrons. The van der Waals surface area contributed by atoms with Crippen molar-refractivity contribution >= 4 is 21.8 Å². The summed E-state index contributed by atoms with van der Waals surface area (Å²) in [5, 5.41) is 9.53. The first-order valence-corrected chi connectivity index (χ1v) is 10.5. The molecule has 2 heterocycles. The predicted octanol–water partition coefficient (Wildman–Crippen LogP) is 3.63. The molecular weight excluding hydrogens is 376 g/mol. The molecule has 0 fully saturated rings. The van der Waals surface area contributed by atoms with Gasteiger partial charge in [-0.1, -0.05) is 0 Å². The average Bonchev–Trinajstić information content (AvgIpc) is 3.38. The predicted molar refractivity (Wildman–Crippen MR) is 123 cm³/mol. The summed E-state index contributed by atoms with van der Waals surface area (Å²) in [6.45, 7) is 3.81. The van der Waals surface area contributed by atoms with E-state index in [0.717, 1.165) is 61.6 Å². The molecule has 0 spiro atoms. The molecule has 0 aliphatic carbocycles. The highest BCUT2D eigenvalue weighted by atomic mass is 16.5. The summed E-state index contributed by atoms with van der Waals surface area (Å²) in [6, 6.07) is 12.3. The first-order chi connectivity index (χ1) is 14.8. The zero-order valence-corrected chi connectivity index (χ0v) is 17.7. The van der Waals surface area contributed by atoms with Crippen molar-refractivity contribution < 1.29 is 9.47 Å². The summed E-state index contributed by atoms with van der Waals surface area (Å²) < 4.78 is 10.7. The van der Waals surface area contributed by atoms with E-state index in [1.807, 2.05) is 12.1 Å². The van der Waals surface area contributed by atoms with Gasteiger partial charge >= 0.3 is 0 Å². The van der Waals surface area contributed by atoms with E-state index in [9.17, 15) is 0 Å². The minimum atomic E-state index is 0.897. The standard InChI is InChI=1S/C24H30N4O2/c1-29-19-3-5-23-21(13-19)17(15-27-23)7-9-25-11-12-26-10-8-18-16-28-24-6-4-20(30-2)14-22(18)24/h3-6,13-16,25-28H,7-12H2,1-2H3. The Morgan fingerprint density at radius 2 is 1.13 bits per heavy atom. The third kappa shape index (κ3) is 4.61. The first kappa shape index (κ1) is 20.3. The fourth-order valence-electron chi connectivity index (χ4n) is 3.86. The van der Waals surface area contributed by atoms with E-state index in [2.05, 4.69) is 57.3 Å². The SMILES string of the molecule is COc1ccc2[nH]cc(CCNCCNCCc3c[nH]c4ccc(OC)cc34)c2c1. The van der Waals surface area contributed by atoms with Crippen LogP contribution >= 0.6 is 0 Å². The number of nitrogens with one attached hydrogen (secondary N) is 4. The van der Waals surface area contributed by atoms with Crippen LogP contribution in [0, 0.1) is 0 Å². The third-order valence-corrected chi connectivity index (χ3v) is 5.57. The van der Waals surface area contributed by atoms with Gasteiger partial charge in [-0.25, -0.2) is 0 Å². The van der Waals surface area contributed by atoms with Crippen LogP contribution in [0.25, 0.3) is 21.8 Å². The lowest BCUT2D eigenvalue weighted by Gasteiger charge is -2.07. The Morgan fingerprint density at radius 3 is 1.57 bits per heavy atom. The molecule has 0 saturated carbocycles. The van der Waals surface area contributed by atoms with Gasteiger partial charge in [0.05, 0.1) is 14.2 Å². The number of ether oxygens (including phenoxy) is 2. The van der Waals surface area contributed by atoms with Crippen LogP contribution in [0.1, 0.15) is 11.1 Å². The normalized spacial score (nSPS) is 11.4. The molecule has 0 bridgehead atoms. The summed E-state index contributed by atoms with van der Waals surface area (Å²) in [6.07, 6.45) is 6.18. The largest absolute Gasteiger partial charge is 0.497 e. The second-order valence-electron chi connectivity index (χ2n) is 7.45. The van der Waals surface area contributed by atoms with Gasteiger partial charge in [0.1, 0.15) is 11.5 Å². The van der Waals surface area contributed by atoms with E-state index < -0.39 is 0 Å². The Labute approximate surface area is 177 Å². The molecule has 6 nitrogen and oxygen atoms in total. The van der Waals surface area contributed by atoms with Crippen LogP contribution in [-0.2, 0) is 12.8 Å². The number of hydrogen-bond acceptors (Lipinski definition) is 4. The highest BCUT2D eigenvalue weighted by Gasteiger charge is 2.06. The Balaban J connectivity index is 1.16. The summed E-state index contributed by atoms with van der Waals surface area (Å²) in [4.78, 5) is 6.67. The number of fused-ring (bicyclic) bond motifs is 2. The Morgan fingerprint density at radius 1 is 0.667 bits per heavy atom. The van der Waals surface area contributed by atoms with Gasteiger partial charge in [-0.3, -0.25) is 0 Å². The summed E-state index contributed by atoms with van der Waals surface area (Å²) in [5.41, 5.74) is 4.95. The maximum Gasteiger partial charge on any atom is 0.119 e. The summed E-state index contributed by atoms with van der Waals surface area (Å²) in [7, 11) is 3.41. The van der Waals surface area contributed by atoms with Gasteiger partial charge in [-0.2, -0.15) is 0 Å². The lowest BCUT2D eigenvalue weighted by atomic mass is 10.1. The van der Waals surface area contributed by atoms with E-state index in [4.69, 9.17) is 9.47 Å². The number of rotatable bonds is 11. The number of hydrogen-bond donors (Lipinski definition) is 4. The number of aromatic nitrogens is 2. The molecule has 30 heavy (non-hydrogen) atoms. The molecular formula is C24H30N4O2. The van der Waals surface area contributed by atoms with Crippen LogP contribution in [0.15, 0.2) is 48.8 Å². The first-order valence-electron chi connectivity index (χ1n) is 10.5. The average molecular weight is 407 g/mol. The van der Waals surface area contributed by atoms with Crippen molar-refractivity contribution in [1.29, 1.82) is 0 Å². The Hall–Kier alpha value is -2.96. The molecule has 4 rings (SSSR count). The topological polar surface area (TPSA) is 74.1 Å². The molecule has 2 aromatic heterocycles. The van der Waals surface area contributed by atoms with E-state index in [0.29, 0.717) is 0 Å². The van der Waals surface area contributed by atoms with Gasteiger partial charge in [0.15, 0.2) is 0 Å². The molecule has 0 amide bonds. The molecule has 158 valence electrons. The van der Waals surface area contributed by atoms with Crippen LogP contribution in [0.3, 0.4) is 0 Å². The van der Waals surface area contributed by atoms with Crippen LogP contribution in [0.2, 0.25) is 0 Å². The summed E-state index contributed by atoms with van der Waals surface area (Å²) >= 11 is 0. The van der Waals surface area contributed by atoms with Crippen LogP contribution in [0.4, 0.5) is 0 Å². The maximum atomic E-state index is 5.34. The fourth-order valence-corrected chi connectivity index (χ4v) is 3.86. The molecule has 0 atom stereocenters. The van der Waals surface area contributed by atoms with Crippen LogP contribution in [-0.4, -0.2) is 50.4 Å². The Bertz CT molecular complexity index is 1010. The van der Waals surface area contributed by atoms with Crippen molar-refractivity contribution in [3.8, 4) is 11.5 Å². The van der Waals surface area contributed by atoms with Gasteiger partial charge < -0.3 is 30.1 Å². The van der Waals surface area contributed by atoms with Crippen LogP contribution in [0.5, 0.6) is 11.5 Å². The van der Waals surface area contributed by atoms with Gasteiger partial charge in [0, 0.05) is 47.3 Å². The Kier molecular flexibility index (Phi) is 6.57. The van der Waals surface area contributed by atoms with E-state index >= 15 is 0 Å². The number of benzene rings is 2. The third-order valence-electron chi connectivity index (χ3n) is 5.57. The number of methoxy groups -OCH3 is 2. The van der Waals surface area contributed by atoms with Crippen molar-refractivity contribution in [2.24, 2.45) is 0 Å². The minimum Gasteiger partial charge on any atom is -0.497 e. The number of aromatic amines is 2. The van der Waals surface area contributed by atoms with E-state index in [-0.39, 0.29) is 0 Å². The second-order valence-corrected chi connectivity index (χ2v) is 7.45. The van der Waals surface area contributed by atoms with E-state index in [1.54, 1.807) is 14.2 Å². The monoisotopic (exact) mass is 406 g/mol. The second kappa shape index (κ2) is 9.69. The van der Waals surface area contributed by atoms with Gasteiger partial charge in [0.2, 0.25) is 0 Å². The van der Waals surface area contributed by atoms with Crippen molar-refractivity contribution in [3.05, 3.63) is 59.9 Å². The maximum absolute atomic E-state index is 5.34. The summed E-state index contributed by atoms with van der Waals surface area (Å²) in [5.74, 6) is 1.79. The molecule has 2 aromatic carbocycles.